The highest BCUT2D eigenvalue weighted by Crippen LogP contribution is 2.41. The Morgan fingerprint density at radius 3 is 2.48 bits per heavy atom. The molecule has 0 saturated carbocycles. The molecule has 240 valence electrons. The number of pyridine rings is 1. The van der Waals surface area contributed by atoms with Gasteiger partial charge in [-0.3, -0.25) is 9.69 Å². The number of nitrogens with zero attached hydrogens (tertiary/aromatic N) is 6. The van der Waals surface area contributed by atoms with E-state index in [9.17, 15) is 28.3 Å². The van der Waals surface area contributed by atoms with Crippen LogP contribution in [0.4, 0.5) is 24.8 Å². The number of aliphatic hydroxyl groups is 1. The monoisotopic (exact) mass is 632 g/mol. The quantitative estimate of drug-likeness (QED) is 0.208. The molecule has 46 heavy (non-hydrogen) atoms. The first-order valence-electron chi connectivity index (χ1n) is 14.8. The predicted octanol–water partition coefficient (Wildman–Crippen LogP) is 5.52. The van der Waals surface area contributed by atoms with E-state index in [4.69, 9.17) is 0 Å². The van der Waals surface area contributed by atoms with E-state index in [2.05, 4.69) is 31.9 Å². The number of hydrogen-bond acceptors (Lipinski definition) is 8. The smallest absolute Gasteiger partial charge is 0.389 e. The van der Waals surface area contributed by atoms with Crippen LogP contribution in [0.15, 0.2) is 48.8 Å². The van der Waals surface area contributed by atoms with Gasteiger partial charge in [0.1, 0.15) is 18.0 Å². The van der Waals surface area contributed by atoms with E-state index in [1.165, 1.54) is 11.0 Å². The number of carbonyl (C=O) groups is 1. The summed E-state index contributed by atoms with van der Waals surface area (Å²) in [6.07, 6.45) is -3.15. The van der Waals surface area contributed by atoms with E-state index in [0.717, 1.165) is 6.07 Å². The van der Waals surface area contributed by atoms with Crippen molar-refractivity contribution in [3.05, 3.63) is 76.6 Å². The van der Waals surface area contributed by atoms with Crippen LogP contribution in [0.3, 0.4) is 0 Å². The third kappa shape index (κ3) is 7.03. The number of fused-ring (bicyclic) bond motifs is 1. The van der Waals surface area contributed by atoms with Crippen molar-refractivity contribution in [2.45, 2.75) is 52.6 Å². The number of amides is 1. The second-order valence-electron chi connectivity index (χ2n) is 12.5. The van der Waals surface area contributed by atoms with Crippen molar-refractivity contribution in [2.24, 2.45) is 13.0 Å². The second kappa shape index (κ2) is 12.5. The Morgan fingerprint density at radius 2 is 1.85 bits per heavy atom. The first kappa shape index (κ1) is 32.6. The molecule has 1 amide bonds. The van der Waals surface area contributed by atoms with Crippen LogP contribution >= 0.6 is 0 Å². The number of alkyl halides is 3. The van der Waals surface area contributed by atoms with Gasteiger partial charge in [0, 0.05) is 37.8 Å². The van der Waals surface area contributed by atoms with E-state index in [1.807, 2.05) is 13.8 Å². The fourth-order valence-electron chi connectivity index (χ4n) is 5.30. The van der Waals surface area contributed by atoms with Gasteiger partial charge in [0.05, 0.1) is 29.3 Å². The number of nitriles is 1. The molecular weight excluding hydrogens is 597 g/mol. The zero-order valence-corrected chi connectivity index (χ0v) is 26.2. The van der Waals surface area contributed by atoms with Gasteiger partial charge in [-0.2, -0.15) is 18.4 Å². The highest BCUT2D eigenvalue weighted by Gasteiger charge is 2.41. The van der Waals surface area contributed by atoms with Crippen molar-refractivity contribution in [1.29, 1.82) is 5.26 Å². The van der Waals surface area contributed by atoms with E-state index in [1.54, 1.807) is 62.1 Å². The number of aromatic nitrogens is 4. The molecule has 0 spiro atoms. The molecule has 3 N–H and O–H groups in total. The Labute approximate surface area is 264 Å². The summed E-state index contributed by atoms with van der Waals surface area (Å²) in [6, 6.07) is 13.2. The number of carbonyl (C=O) groups excluding carboxylic acids is 1. The maximum Gasteiger partial charge on any atom is 0.416 e. The molecule has 13 heteroatoms. The highest BCUT2D eigenvalue weighted by atomic mass is 19.4. The normalized spacial score (nSPS) is 13.3. The Bertz CT molecular complexity index is 1820. The number of halogens is 3. The zero-order chi connectivity index (χ0) is 33.4. The number of anilines is 2. The lowest BCUT2D eigenvalue weighted by Crippen LogP contribution is -2.34. The first-order chi connectivity index (χ1) is 21.6. The Hall–Kier alpha value is -4.80. The zero-order valence-electron chi connectivity index (χ0n) is 26.2. The van der Waals surface area contributed by atoms with Crippen molar-refractivity contribution < 1.29 is 23.1 Å². The van der Waals surface area contributed by atoms with Gasteiger partial charge in [-0.25, -0.2) is 4.98 Å². The average molecular weight is 633 g/mol. The maximum atomic E-state index is 14.3. The molecule has 0 bridgehead atoms. The molecule has 1 aliphatic rings. The van der Waals surface area contributed by atoms with Crippen LogP contribution in [0.25, 0.3) is 22.5 Å². The molecule has 5 rings (SSSR count). The minimum Gasteiger partial charge on any atom is -0.389 e. The van der Waals surface area contributed by atoms with Crippen LogP contribution in [0, 0.1) is 17.2 Å². The largest absolute Gasteiger partial charge is 0.416 e. The summed E-state index contributed by atoms with van der Waals surface area (Å²) in [5, 5.41) is 34.1. The minimum atomic E-state index is -4.70. The number of hydrogen-bond donors (Lipinski definition) is 3. The van der Waals surface area contributed by atoms with Crippen LogP contribution in [0.5, 0.6) is 0 Å². The lowest BCUT2D eigenvalue weighted by atomic mass is 9.97. The fraction of sp³-hybridized carbons (Fsp3) is 0.364. The van der Waals surface area contributed by atoms with Crippen LogP contribution in [0.2, 0.25) is 0 Å². The molecule has 0 saturated heterocycles. The summed E-state index contributed by atoms with van der Waals surface area (Å²) in [4.78, 5) is 19.8. The average Bonchev–Trinajstić information content (AvgIpc) is 3.56. The molecule has 0 unspecified atom stereocenters. The molecule has 0 radical (unpaired) electrons. The van der Waals surface area contributed by atoms with Gasteiger partial charge in [0.2, 0.25) is 0 Å². The van der Waals surface area contributed by atoms with Crippen LogP contribution in [0.1, 0.15) is 60.3 Å². The molecular formula is C33H35F3N8O2. The first-order valence-corrected chi connectivity index (χ1v) is 14.8. The highest BCUT2D eigenvalue weighted by molar-refractivity contribution is 6.10. The Morgan fingerprint density at radius 1 is 1.09 bits per heavy atom. The van der Waals surface area contributed by atoms with E-state index >= 15 is 0 Å². The SMILES string of the molecule is CC(C)CNc1cc(-c2cc(C#N)ccc2-c2nncn2C)cc(N2Cc3c(cc(CNCC(C)(C)O)cc3C(F)(F)F)C2=O)n1. The molecule has 0 aliphatic carbocycles. The van der Waals surface area contributed by atoms with E-state index < -0.39 is 23.2 Å². The minimum absolute atomic E-state index is 0.0324. The molecule has 0 fully saturated rings. The van der Waals surface area contributed by atoms with Crippen molar-refractivity contribution in [2.75, 3.05) is 23.3 Å². The van der Waals surface area contributed by atoms with Crippen molar-refractivity contribution >= 4 is 17.5 Å². The summed E-state index contributed by atoms with van der Waals surface area (Å²) in [5.74, 6) is 0.763. The van der Waals surface area contributed by atoms with Crippen molar-refractivity contribution in [3.8, 4) is 28.6 Å². The maximum absolute atomic E-state index is 14.3. The summed E-state index contributed by atoms with van der Waals surface area (Å²) in [7, 11) is 1.79. The van der Waals surface area contributed by atoms with Gasteiger partial charge in [-0.15, -0.1) is 10.2 Å². The van der Waals surface area contributed by atoms with Crippen molar-refractivity contribution in [1.82, 2.24) is 25.1 Å². The van der Waals surface area contributed by atoms with E-state index in [0.29, 0.717) is 40.4 Å². The standard InChI is InChI=1S/C33H35F3N8O2/c1-19(2)14-39-28-11-22(24-8-20(13-37)6-7-23(24)30-42-40-18-43(30)5)12-29(41-28)44-16-26-25(31(44)45)9-21(10-27(26)33(34,35)36)15-38-17-32(3,4)46/h6-12,18-19,38,46H,14-17H2,1-5H3,(H,39,41). The van der Waals surface area contributed by atoms with Gasteiger partial charge >= 0.3 is 6.18 Å². The molecule has 3 heterocycles. The van der Waals surface area contributed by atoms with Crippen molar-refractivity contribution in [3.63, 3.8) is 0 Å². The summed E-state index contributed by atoms with van der Waals surface area (Å²) in [5.41, 5.74) is 0.409. The van der Waals surface area contributed by atoms with Gasteiger partial charge in [0.25, 0.3) is 5.91 Å². The molecule has 2 aromatic heterocycles. The van der Waals surface area contributed by atoms with Gasteiger partial charge in [0.15, 0.2) is 5.82 Å². The molecule has 4 aromatic rings. The number of aryl methyl sites for hydroxylation is 1. The molecule has 1 aliphatic heterocycles. The Balaban J connectivity index is 1.61. The number of rotatable bonds is 10. The summed E-state index contributed by atoms with van der Waals surface area (Å²) >= 11 is 0. The fourth-order valence-corrected chi connectivity index (χ4v) is 5.30. The lowest BCUT2D eigenvalue weighted by molar-refractivity contribution is -0.138. The molecule has 10 nitrogen and oxygen atoms in total. The molecule has 2 aromatic carbocycles. The topological polar surface area (TPSA) is 132 Å². The second-order valence-corrected chi connectivity index (χ2v) is 12.5. The Kier molecular flexibility index (Phi) is 8.88. The van der Waals surface area contributed by atoms with Gasteiger partial charge in [-0.05, 0) is 84.5 Å². The third-order valence-electron chi connectivity index (χ3n) is 7.49. The predicted molar refractivity (Wildman–Crippen MR) is 168 cm³/mol. The third-order valence-corrected chi connectivity index (χ3v) is 7.49. The summed E-state index contributed by atoms with van der Waals surface area (Å²) < 4.78 is 44.8. The lowest BCUT2D eigenvalue weighted by Gasteiger charge is -2.20. The van der Waals surface area contributed by atoms with Crippen LogP contribution in [-0.4, -0.2) is 49.5 Å². The van der Waals surface area contributed by atoms with Gasteiger partial charge < -0.3 is 20.3 Å². The summed E-state index contributed by atoms with van der Waals surface area (Å²) in [6.45, 7) is 7.63. The molecule has 0 atom stereocenters. The number of nitrogens with one attached hydrogen (secondary N) is 2. The van der Waals surface area contributed by atoms with E-state index in [-0.39, 0.29) is 48.1 Å². The van der Waals surface area contributed by atoms with Crippen LogP contribution < -0.4 is 15.5 Å². The van der Waals surface area contributed by atoms with Gasteiger partial charge in [-0.1, -0.05) is 13.8 Å². The number of benzene rings is 2. The van der Waals surface area contributed by atoms with Crippen LogP contribution in [-0.2, 0) is 26.3 Å².